The molecular formula is C11H18N4O. The summed E-state index contributed by atoms with van der Waals surface area (Å²) in [6, 6.07) is 2.05. The second kappa shape index (κ2) is 5.53. The summed E-state index contributed by atoms with van der Waals surface area (Å²) in [5, 5.41) is 7.12. The number of piperidine rings is 1. The monoisotopic (exact) mass is 222 g/mol. The molecule has 1 N–H and O–H groups in total. The third-order valence-electron chi connectivity index (χ3n) is 2.88. The molecule has 0 atom stereocenters. The summed E-state index contributed by atoms with van der Waals surface area (Å²) in [5.41, 5.74) is 0. The number of nitrogens with zero attached hydrogens (tertiary/aromatic N) is 3. The van der Waals surface area contributed by atoms with Crippen LogP contribution in [0.3, 0.4) is 0 Å². The highest BCUT2D eigenvalue weighted by atomic mass is 16.1. The quantitative estimate of drug-likeness (QED) is 0.587. The summed E-state index contributed by atoms with van der Waals surface area (Å²) in [6.45, 7) is 3.59. The lowest BCUT2D eigenvalue weighted by molar-refractivity contribution is -0.109. The Bertz CT molecular complexity index is 330. The highest BCUT2D eigenvalue weighted by Crippen LogP contribution is 2.16. The molecule has 0 spiro atoms. The Morgan fingerprint density at radius 2 is 2.19 bits per heavy atom. The molecule has 0 aliphatic carbocycles. The Hall–Kier alpha value is -1.52. The minimum absolute atomic E-state index is 0.630. The van der Waals surface area contributed by atoms with Crippen molar-refractivity contribution in [2.75, 3.05) is 24.5 Å². The van der Waals surface area contributed by atoms with E-state index in [0.717, 1.165) is 31.9 Å². The van der Waals surface area contributed by atoms with Gasteiger partial charge in [0, 0.05) is 31.9 Å². The summed E-state index contributed by atoms with van der Waals surface area (Å²) >= 11 is 0. The predicted molar refractivity (Wildman–Crippen MR) is 62.4 cm³/mol. The molecule has 88 valence electrons. The maximum Gasteiger partial charge on any atom is 0.207 e. The van der Waals surface area contributed by atoms with E-state index in [9.17, 15) is 4.79 Å². The van der Waals surface area contributed by atoms with Crippen LogP contribution in [0.4, 0.5) is 5.82 Å². The molecule has 1 aromatic heterocycles. The highest BCUT2D eigenvalue weighted by molar-refractivity contribution is 5.45. The molecule has 0 saturated carbocycles. The topological polar surface area (TPSA) is 50.2 Å². The lowest BCUT2D eigenvalue weighted by Crippen LogP contribution is -2.30. The molecule has 2 rings (SSSR count). The van der Waals surface area contributed by atoms with Gasteiger partial charge in [-0.3, -0.25) is 9.48 Å². The summed E-state index contributed by atoms with van der Waals surface area (Å²) in [6.07, 6.45) is 6.55. The molecule has 5 nitrogen and oxygen atoms in total. The van der Waals surface area contributed by atoms with Gasteiger partial charge in [-0.1, -0.05) is 0 Å². The number of amides is 1. The average Bonchev–Trinajstić information content (AvgIpc) is 2.79. The van der Waals surface area contributed by atoms with E-state index in [4.69, 9.17) is 0 Å². The summed E-state index contributed by atoms with van der Waals surface area (Å²) in [7, 11) is 0. The molecule has 0 bridgehead atoms. The van der Waals surface area contributed by atoms with Crippen LogP contribution in [0, 0.1) is 0 Å². The van der Waals surface area contributed by atoms with Crippen molar-refractivity contribution in [1.29, 1.82) is 0 Å². The Balaban J connectivity index is 1.88. The highest BCUT2D eigenvalue weighted by Gasteiger charge is 2.12. The molecule has 0 aromatic carbocycles. The number of hydrogen-bond donors (Lipinski definition) is 1. The van der Waals surface area contributed by atoms with E-state index in [1.807, 2.05) is 16.9 Å². The summed E-state index contributed by atoms with van der Waals surface area (Å²) < 4.78 is 1.88. The standard InChI is InChI=1S/C11H18N4O/c16-10-12-5-9-15-8-4-11(13-15)14-6-2-1-3-7-14/h4,8,10H,1-3,5-7,9H2,(H,12,16). The number of anilines is 1. The summed E-state index contributed by atoms with van der Waals surface area (Å²) in [4.78, 5) is 12.4. The zero-order valence-corrected chi connectivity index (χ0v) is 9.43. The third-order valence-corrected chi connectivity index (χ3v) is 2.88. The summed E-state index contributed by atoms with van der Waals surface area (Å²) in [5.74, 6) is 1.06. The Labute approximate surface area is 95.4 Å². The first-order valence-corrected chi connectivity index (χ1v) is 5.85. The van der Waals surface area contributed by atoms with Gasteiger partial charge in [-0.2, -0.15) is 5.10 Å². The van der Waals surface area contributed by atoms with E-state index in [0.29, 0.717) is 6.54 Å². The van der Waals surface area contributed by atoms with Crippen LogP contribution < -0.4 is 10.2 Å². The van der Waals surface area contributed by atoms with Gasteiger partial charge in [0.2, 0.25) is 6.41 Å². The molecule has 1 aliphatic heterocycles. The van der Waals surface area contributed by atoms with Crippen molar-refractivity contribution >= 4 is 12.2 Å². The first-order chi connectivity index (χ1) is 7.90. The van der Waals surface area contributed by atoms with Crippen LogP contribution in [0.15, 0.2) is 12.3 Å². The fourth-order valence-corrected chi connectivity index (χ4v) is 2.01. The predicted octanol–water partition coefficient (Wildman–Crippen LogP) is 0.619. The van der Waals surface area contributed by atoms with Crippen molar-refractivity contribution in [1.82, 2.24) is 15.1 Å². The van der Waals surface area contributed by atoms with Crippen LogP contribution in [-0.2, 0) is 11.3 Å². The van der Waals surface area contributed by atoms with Gasteiger partial charge in [-0.25, -0.2) is 0 Å². The Kier molecular flexibility index (Phi) is 3.80. The van der Waals surface area contributed by atoms with E-state index in [1.54, 1.807) is 0 Å². The van der Waals surface area contributed by atoms with Crippen molar-refractivity contribution in [2.45, 2.75) is 25.8 Å². The van der Waals surface area contributed by atoms with E-state index >= 15 is 0 Å². The maximum absolute atomic E-state index is 10.1. The third kappa shape index (κ3) is 2.74. The number of rotatable bonds is 5. The number of carbonyl (C=O) groups is 1. The first kappa shape index (κ1) is 11.0. The van der Waals surface area contributed by atoms with Crippen molar-refractivity contribution < 1.29 is 4.79 Å². The van der Waals surface area contributed by atoms with Crippen LogP contribution in [-0.4, -0.2) is 35.8 Å². The minimum atomic E-state index is 0.630. The number of nitrogens with one attached hydrogen (secondary N) is 1. The molecule has 0 radical (unpaired) electrons. The van der Waals surface area contributed by atoms with Gasteiger partial charge in [-0.05, 0) is 19.3 Å². The fourth-order valence-electron chi connectivity index (χ4n) is 2.01. The molecule has 0 unspecified atom stereocenters. The van der Waals surface area contributed by atoms with Gasteiger partial charge in [0.15, 0.2) is 5.82 Å². The molecule has 1 aromatic rings. The molecule has 1 saturated heterocycles. The fraction of sp³-hybridized carbons (Fsp3) is 0.636. The van der Waals surface area contributed by atoms with E-state index in [2.05, 4.69) is 15.3 Å². The minimum Gasteiger partial charge on any atom is -0.357 e. The van der Waals surface area contributed by atoms with E-state index in [1.165, 1.54) is 19.3 Å². The van der Waals surface area contributed by atoms with Crippen molar-refractivity contribution in [3.8, 4) is 0 Å². The molecular weight excluding hydrogens is 204 g/mol. The zero-order chi connectivity index (χ0) is 11.2. The van der Waals surface area contributed by atoms with Gasteiger partial charge in [0.05, 0.1) is 6.54 Å². The van der Waals surface area contributed by atoms with Crippen molar-refractivity contribution in [3.63, 3.8) is 0 Å². The van der Waals surface area contributed by atoms with E-state index in [-0.39, 0.29) is 0 Å². The first-order valence-electron chi connectivity index (χ1n) is 5.85. The molecule has 2 heterocycles. The molecule has 1 aliphatic rings. The zero-order valence-electron chi connectivity index (χ0n) is 9.43. The second-order valence-electron chi connectivity index (χ2n) is 4.06. The van der Waals surface area contributed by atoms with Crippen molar-refractivity contribution in [3.05, 3.63) is 12.3 Å². The van der Waals surface area contributed by atoms with Gasteiger partial charge in [-0.15, -0.1) is 0 Å². The van der Waals surface area contributed by atoms with Crippen molar-refractivity contribution in [2.24, 2.45) is 0 Å². The average molecular weight is 222 g/mol. The number of hydrogen-bond acceptors (Lipinski definition) is 3. The van der Waals surface area contributed by atoms with Crippen LogP contribution in [0.1, 0.15) is 19.3 Å². The number of carbonyl (C=O) groups excluding carboxylic acids is 1. The maximum atomic E-state index is 10.1. The van der Waals surface area contributed by atoms with Gasteiger partial charge in [0.1, 0.15) is 0 Å². The van der Waals surface area contributed by atoms with Gasteiger partial charge >= 0.3 is 0 Å². The largest absolute Gasteiger partial charge is 0.357 e. The SMILES string of the molecule is O=CNCCn1ccc(N2CCCCC2)n1. The van der Waals surface area contributed by atoms with E-state index < -0.39 is 0 Å². The second-order valence-corrected chi connectivity index (χ2v) is 4.06. The molecule has 1 amide bonds. The van der Waals surface area contributed by atoms with Gasteiger partial charge in [0.25, 0.3) is 0 Å². The van der Waals surface area contributed by atoms with Crippen LogP contribution in [0.25, 0.3) is 0 Å². The molecule has 5 heteroatoms. The lowest BCUT2D eigenvalue weighted by atomic mass is 10.1. The molecule has 16 heavy (non-hydrogen) atoms. The van der Waals surface area contributed by atoms with Crippen LogP contribution in [0.5, 0.6) is 0 Å². The smallest absolute Gasteiger partial charge is 0.207 e. The lowest BCUT2D eigenvalue weighted by Gasteiger charge is -2.26. The molecule has 1 fully saturated rings. The van der Waals surface area contributed by atoms with Crippen LogP contribution >= 0.6 is 0 Å². The van der Waals surface area contributed by atoms with Gasteiger partial charge < -0.3 is 10.2 Å². The Morgan fingerprint density at radius 3 is 2.94 bits per heavy atom. The number of aromatic nitrogens is 2. The normalized spacial score (nSPS) is 16.1. The Morgan fingerprint density at radius 1 is 1.38 bits per heavy atom. The van der Waals surface area contributed by atoms with Crippen LogP contribution in [0.2, 0.25) is 0 Å².